The Morgan fingerprint density at radius 2 is 2.30 bits per heavy atom. The van der Waals surface area contributed by atoms with Gasteiger partial charge in [-0.25, -0.2) is 4.72 Å². The minimum Gasteiger partial charge on any atom is -0.204 e. The van der Waals surface area contributed by atoms with Crippen molar-refractivity contribution < 1.29 is 0 Å². The minimum atomic E-state index is 0.781. The molecule has 10 heavy (non-hydrogen) atoms. The molecule has 0 unspecified atom stereocenters. The van der Waals surface area contributed by atoms with E-state index in [0.717, 1.165) is 15.6 Å². The smallest absolute Gasteiger partial charge is 0.0869 e. The second kappa shape index (κ2) is 2.57. The third kappa shape index (κ3) is 1.09. The van der Waals surface area contributed by atoms with E-state index in [1.807, 2.05) is 18.2 Å². The molecule has 0 aromatic heterocycles. The molecule has 0 bridgehead atoms. The molecular weight excluding hydrogens is 186 g/mol. The summed E-state index contributed by atoms with van der Waals surface area (Å²) < 4.78 is 4.16. The molecule has 1 aliphatic rings. The van der Waals surface area contributed by atoms with Crippen LogP contribution in [0.3, 0.4) is 0 Å². The molecule has 0 N–H and O–H groups in total. The van der Waals surface area contributed by atoms with Gasteiger partial charge in [-0.1, -0.05) is 11.6 Å². The second-order valence-corrected chi connectivity index (χ2v) is 4.18. The van der Waals surface area contributed by atoms with E-state index < -0.39 is 0 Å². The molecule has 0 fully saturated rings. The monoisotopic (exact) mass is 188 g/mol. The van der Waals surface area contributed by atoms with Gasteiger partial charge in [0.25, 0.3) is 0 Å². The van der Waals surface area contributed by atoms with E-state index in [2.05, 4.69) is 4.72 Å². The molecule has 1 heterocycles. The maximum Gasteiger partial charge on any atom is 0.0869 e. The highest BCUT2D eigenvalue weighted by atomic mass is 35.5. The Labute approximate surface area is 72.1 Å². The van der Waals surface area contributed by atoms with Crippen molar-refractivity contribution in [2.24, 2.45) is 0 Å². The van der Waals surface area contributed by atoms with Gasteiger partial charge in [0.05, 0.1) is 5.69 Å². The van der Waals surface area contributed by atoms with E-state index in [-0.39, 0.29) is 0 Å². The summed E-state index contributed by atoms with van der Waals surface area (Å²) in [6.07, 6.45) is 0. The van der Waals surface area contributed by atoms with E-state index in [1.54, 1.807) is 10.8 Å². The predicted molar refractivity (Wildman–Crippen MR) is 46.7 cm³/mol. The summed E-state index contributed by atoms with van der Waals surface area (Å²) in [5.41, 5.74) is 1.04. The molecule has 0 spiro atoms. The summed E-state index contributed by atoms with van der Waals surface area (Å²) in [7, 11) is 3.14. The summed E-state index contributed by atoms with van der Waals surface area (Å²) >= 11 is 5.76. The van der Waals surface area contributed by atoms with Gasteiger partial charge in [-0.3, -0.25) is 0 Å². The summed E-state index contributed by atoms with van der Waals surface area (Å²) in [5.74, 6) is 0. The molecule has 4 heteroatoms. The second-order valence-electron chi connectivity index (χ2n) is 1.86. The average molecular weight is 189 g/mol. The molecular formula is C6H3ClNS2. The highest BCUT2D eigenvalue weighted by molar-refractivity contribution is 8.76. The van der Waals surface area contributed by atoms with Crippen molar-refractivity contribution in [3.63, 3.8) is 0 Å². The molecule has 0 saturated heterocycles. The SMILES string of the molecule is Clc1ccc2c(c1)SS[N]2. The van der Waals surface area contributed by atoms with Gasteiger partial charge in [0.15, 0.2) is 0 Å². The molecule has 0 amide bonds. The molecule has 1 aliphatic heterocycles. The Morgan fingerprint density at radius 1 is 1.40 bits per heavy atom. The third-order valence-electron chi connectivity index (χ3n) is 1.18. The van der Waals surface area contributed by atoms with Crippen LogP contribution in [0, 0.1) is 0 Å². The minimum absolute atomic E-state index is 0.781. The topological polar surface area (TPSA) is 14.1 Å². The molecule has 0 saturated carbocycles. The Kier molecular flexibility index (Phi) is 1.72. The summed E-state index contributed by atoms with van der Waals surface area (Å²) in [4.78, 5) is 1.16. The third-order valence-corrected chi connectivity index (χ3v) is 3.26. The zero-order valence-electron chi connectivity index (χ0n) is 4.87. The van der Waals surface area contributed by atoms with Crippen LogP contribution in [0.5, 0.6) is 0 Å². The normalized spacial score (nSPS) is 14.5. The van der Waals surface area contributed by atoms with Gasteiger partial charge in [0.1, 0.15) is 0 Å². The summed E-state index contributed by atoms with van der Waals surface area (Å²) in [6, 6.07) is 5.73. The number of hydrogen-bond acceptors (Lipinski definition) is 2. The van der Waals surface area contributed by atoms with Crippen LogP contribution >= 0.6 is 33.4 Å². The Morgan fingerprint density at radius 3 is 3.20 bits per heavy atom. The molecule has 2 rings (SSSR count). The van der Waals surface area contributed by atoms with Crippen LogP contribution in [0.25, 0.3) is 0 Å². The van der Waals surface area contributed by atoms with Gasteiger partial charge in [-0.2, -0.15) is 0 Å². The van der Waals surface area contributed by atoms with E-state index >= 15 is 0 Å². The van der Waals surface area contributed by atoms with Crippen LogP contribution in [-0.4, -0.2) is 0 Å². The standard InChI is InChI=1S/C6H3ClNS2/c7-4-1-2-5-6(3-4)9-10-8-5/h1-3H. The van der Waals surface area contributed by atoms with E-state index in [1.165, 1.54) is 11.0 Å². The van der Waals surface area contributed by atoms with Crippen molar-refractivity contribution in [3.8, 4) is 0 Å². The Bertz CT molecular complexity index is 264. The number of rotatable bonds is 0. The molecule has 0 aliphatic carbocycles. The highest BCUT2D eigenvalue weighted by Gasteiger charge is 2.12. The largest absolute Gasteiger partial charge is 0.204 e. The fourth-order valence-electron chi connectivity index (χ4n) is 0.729. The molecule has 1 radical (unpaired) electrons. The molecule has 51 valence electrons. The summed E-state index contributed by atoms with van der Waals surface area (Å²) in [6.45, 7) is 0. The van der Waals surface area contributed by atoms with Crippen LogP contribution in [0.2, 0.25) is 5.02 Å². The van der Waals surface area contributed by atoms with Gasteiger partial charge in [0, 0.05) is 20.9 Å². The van der Waals surface area contributed by atoms with Crippen molar-refractivity contribution in [3.05, 3.63) is 23.2 Å². The Balaban J connectivity index is 2.52. The lowest BCUT2D eigenvalue weighted by atomic mass is 10.3. The fraction of sp³-hybridized carbons (Fsp3) is 0. The molecule has 1 nitrogen and oxygen atoms in total. The van der Waals surface area contributed by atoms with Crippen LogP contribution in [-0.2, 0) is 0 Å². The van der Waals surface area contributed by atoms with Gasteiger partial charge in [0.2, 0.25) is 0 Å². The van der Waals surface area contributed by atoms with Gasteiger partial charge >= 0.3 is 0 Å². The zero-order chi connectivity index (χ0) is 6.97. The quantitative estimate of drug-likeness (QED) is 0.459. The van der Waals surface area contributed by atoms with Crippen LogP contribution < -0.4 is 4.72 Å². The predicted octanol–water partition coefficient (Wildman–Crippen LogP) is 3.24. The number of hydrogen-bond donors (Lipinski definition) is 0. The van der Waals surface area contributed by atoms with Crippen molar-refractivity contribution in [2.75, 3.05) is 0 Å². The number of nitrogens with zero attached hydrogens (tertiary/aromatic N) is 1. The van der Waals surface area contributed by atoms with E-state index in [9.17, 15) is 0 Å². The first kappa shape index (κ1) is 6.70. The Hall–Kier alpha value is 0.01000. The van der Waals surface area contributed by atoms with Crippen LogP contribution in [0.4, 0.5) is 5.69 Å². The highest BCUT2D eigenvalue weighted by Crippen LogP contribution is 2.45. The van der Waals surface area contributed by atoms with Gasteiger partial charge in [-0.15, -0.1) is 0 Å². The number of fused-ring (bicyclic) bond motifs is 1. The lowest BCUT2D eigenvalue weighted by Crippen LogP contribution is -1.75. The maximum absolute atomic E-state index is 5.76. The summed E-state index contributed by atoms with van der Waals surface area (Å²) in [5, 5.41) is 0.781. The first-order valence-corrected chi connectivity index (χ1v) is 5.19. The van der Waals surface area contributed by atoms with Crippen molar-refractivity contribution in [1.29, 1.82) is 0 Å². The van der Waals surface area contributed by atoms with E-state index in [0.29, 0.717) is 0 Å². The van der Waals surface area contributed by atoms with Gasteiger partial charge < -0.3 is 0 Å². The molecule has 1 aromatic rings. The fourth-order valence-corrected chi connectivity index (χ4v) is 2.75. The van der Waals surface area contributed by atoms with Crippen molar-refractivity contribution >= 4 is 39.1 Å². The molecule has 0 atom stereocenters. The zero-order valence-corrected chi connectivity index (χ0v) is 7.26. The lowest BCUT2D eigenvalue weighted by molar-refractivity contribution is 1.31. The number of halogens is 1. The maximum atomic E-state index is 5.76. The first-order valence-electron chi connectivity index (χ1n) is 2.70. The number of benzene rings is 1. The van der Waals surface area contributed by atoms with Crippen molar-refractivity contribution in [1.82, 2.24) is 4.72 Å². The van der Waals surface area contributed by atoms with E-state index in [4.69, 9.17) is 11.6 Å². The van der Waals surface area contributed by atoms with Crippen LogP contribution in [0.15, 0.2) is 23.1 Å². The van der Waals surface area contributed by atoms with Gasteiger partial charge in [-0.05, 0) is 29.0 Å². The first-order chi connectivity index (χ1) is 4.86. The molecule has 1 aromatic carbocycles. The van der Waals surface area contributed by atoms with Crippen LogP contribution in [0.1, 0.15) is 0 Å². The average Bonchev–Trinajstić information content (AvgIpc) is 2.33. The lowest BCUT2D eigenvalue weighted by Gasteiger charge is -1.92. The van der Waals surface area contributed by atoms with Crippen molar-refractivity contribution in [2.45, 2.75) is 4.90 Å².